The number of nitrogens with zero attached hydrogens (tertiary/aromatic N) is 1. The van der Waals surface area contributed by atoms with Crippen LogP contribution in [-0.2, 0) is 4.79 Å². The summed E-state index contributed by atoms with van der Waals surface area (Å²) in [6.07, 6.45) is 5.27. The molecule has 3 rings (SSSR count). The number of nitrogens with one attached hydrogen (secondary N) is 1. The van der Waals surface area contributed by atoms with E-state index < -0.39 is 0 Å². The van der Waals surface area contributed by atoms with Crippen molar-refractivity contribution in [3.8, 4) is 0 Å². The Morgan fingerprint density at radius 2 is 2.16 bits per heavy atom. The van der Waals surface area contributed by atoms with Gasteiger partial charge in [0.15, 0.2) is 0 Å². The van der Waals surface area contributed by atoms with Gasteiger partial charge in [-0.3, -0.25) is 10.1 Å². The summed E-state index contributed by atoms with van der Waals surface area (Å²) in [5.74, 6) is 0.938. The molecule has 2 heterocycles. The van der Waals surface area contributed by atoms with Gasteiger partial charge >= 0.3 is 0 Å². The molecular formula is C15H22N2OS. The highest BCUT2D eigenvalue weighted by atomic mass is 32.1. The van der Waals surface area contributed by atoms with Gasteiger partial charge in [0.25, 0.3) is 0 Å². The van der Waals surface area contributed by atoms with Crippen molar-refractivity contribution in [2.24, 2.45) is 5.92 Å². The molecule has 1 aromatic heterocycles. The normalized spacial score (nSPS) is 30.2. The molecule has 3 atom stereocenters. The highest BCUT2D eigenvalue weighted by Crippen LogP contribution is 2.36. The van der Waals surface area contributed by atoms with Gasteiger partial charge in [-0.05, 0) is 55.0 Å². The van der Waals surface area contributed by atoms with Crippen molar-refractivity contribution in [3.63, 3.8) is 0 Å². The fraction of sp³-hybridized carbons (Fsp3) is 0.667. The lowest BCUT2D eigenvalue weighted by atomic mass is 9.97. The average Bonchev–Trinajstić information content (AvgIpc) is 3.11. The Kier molecular flexibility index (Phi) is 3.63. The van der Waals surface area contributed by atoms with Gasteiger partial charge in [0.2, 0.25) is 5.91 Å². The van der Waals surface area contributed by atoms with Gasteiger partial charge < -0.3 is 4.90 Å². The van der Waals surface area contributed by atoms with Crippen LogP contribution in [0.25, 0.3) is 0 Å². The second kappa shape index (κ2) is 5.25. The third-order valence-corrected chi connectivity index (χ3v) is 5.39. The third kappa shape index (κ3) is 2.32. The number of rotatable bonds is 3. The van der Waals surface area contributed by atoms with E-state index >= 15 is 0 Å². The Labute approximate surface area is 119 Å². The van der Waals surface area contributed by atoms with Crippen molar-refractivity contribution < 1.29 is 4.79 Å². The molecule has 1 N–H and O–H groups in total. The van der Waals surface area contributed by atoms with Gasteiger partial charge in [0.1, 0.15) is 6.17 Å². The first-order valence-corrected chi connectivity index (χ1v) is 8.23. The summed E-state index contributed by atoms with van der Waals surface area (Å²) in [5.41, 5.74) is 1.23. The molecule has 0 spiro atoms. The van der Waals surface area contributed by atoms with Gasteiger partial charge in [-0.25, -0.2) is 0 Å². The van der Waals surface area contributed by atoms with Gasteiger partial charge in [0, 0.05) is 6.04 Å². The predicted octanol–water partition coefficient (Wildman–Crippen LogP) is 3.15. The van der Waals surface area contributed by atoms with Crippen LogP contribution in [0, 0.1) is 5.92 Å². The predicted molar refractivity (Wildman–Crippen MR) is 77.9 cm³/mol. The molecule has 0 radical (unpaired) electrons. The minimum Gasteiger partial charge on any atom is -0.319 e. The van der Waals surface area contributed by atoms with E-state index in [1.54, 1.807) is 11.3 Å². The minimum absolute atomic E-state index is 0.0613. The van der Waals surface area contributed by atoms with E-state index in [-0.39, 0.29) is 18.1 Å². The quantitative estimate of drug-likeness (QED) is 0.921. The fourth-order valence-corrected chi connectivity index (χ4v) is 4.21. The molecule has 0 bridgehead atoms. The highest BCUT2D eigenvalue weighted by Gasteiger charge is 2.42. The monoisotopic (exact) mass is 278 g/mol. The lowest BCUT2D eigenvalue weighted by Crippen LogP contribution is -2.41. The molecule has 1 aliphatic carbocycles. The van der Waals surface area contributed by atoms with Crippen LogP contribution in [-0.4, -0.2) is 22.9 Å². The summed E-state index contributed by atoms with van der Waals surface area (Å²) in [6.45, 7) is 4.20. The standard InChI is InChI=1S/C15H22N2OS/c1-10-15(18)17(11(2)12-5-3-4-6-12)14(16-10)13-7-8-19-9-13/h7-12,14,16H,3-6H2,1-2H3. The van der Waals surface area contributed by atoms with Crippen LogP contribution in [0.4, 0.5) is 0 Å². The minimum atomic E-state index is -0.0613. The molecule has 3 nitrogen and oxygen atoms in total. The molecule has 104 valence electrons. The SMILES string of the molecule is CC1NC(c2ccsc2)N(C(C)C2CCCC2)C1=O. The molecule has 4 heteroatoms. The number of hydrogen-bond donors (Lipinski definition) is 1. The van der Waals surface area contributed by atoms with Gasteiger partial charge in [-0.15, -0.1) is 0 Å². The summed E-state index contributed by atoms with van der Waals surface area (Å²) in [7, 11) is 0. The Bertz CT molecular complexity index is 439. The molecule has 1 saturated heterocycles. The zero-order valence-corrected chi connectivity index (χ0v) is 12.5. The van der Waals surface area contributed by atoms with E-state index in [9.17, 15) is 4.79 Å². The van der Waals surface area contributed by atoms with Gasteiger partial charge in [0.05, 0.1) is 6.04 Å². The summed E-state index contributed by atoms with van der Waals surface area (Å²) in [5, 5.41) is 7.68. The fourth-order valence-electron chi connectivity index (χ4n) is 3.53. The third-order valence-electron chi connectivity index (χ3n) is 4.69. The summed E-state index contributed by atoms with van der Waals surface area (Å²) >= 11 is 1.70. The van der Waals surface area contributed by atoms with Crippen LogP contribution in [0.1, 0.15) is 51.3 Å². The number of carbonyl (C=O) groups excluding carboxylic acids is 1. The molecule has 1 amide bonds. The smallest absolute Gasteiger partial charge is 0.241 e. The molecule has 19 heavy (non-hydrogen) atoms. The number of thiophene rings is 1. The van der Waals surface area contributed by atoms with Crippen molar-refractivity contribution >= 4 is 17.2 Å². The molecule has 0 aromatic carbocycles. The van der Waals surface area contributed by atoms with Crippen molar-refractivity contribution in [1.82, 2.24) is 10.2 Å². The van der Waals surface area contributed by atoms with E-state index in [2.05, 4.69) is 34.0 Å². The van der Waals surface area contributed by atoms with Crippen LogP contribution in [0.15, 0.2) is 16.8 Å². The summed E-state index contributed by atoms with van der Waals surface area (Å²) < 4.78 is 0. The second-order valence-electron chi connectivity index (χ2n) is 5.88. The first-order valence-electron chi connectivity index (χ1n) is 7.29. The average molecular weight is 278 g/mol. The molecular weight excluding hydrogens is 256 g/mol. The molecule has 3 unspecified atom stereocenters. The van der Waals surface area contributed by atoms with Crippen LogP contribution >= 0.6 is 11.3 Å². The Hall–Kier alpha value is -0.870. The second-order valence-corrected chi connectivity index (χ2v) is 6.66. The van der Waals surface area contributed by atoms with E-state index in [0.29, 0.717) is 12.0 Å². The first kappa shape index (κ1) is 13.1. The van der Waals surface area contributed by atoms with E-state index in [0.717, 1.165) is 0 Å². The number of hydrogen-bond acceptors (Lipinski definition) is 3. The van der Waals surface area contributed by atoms with Crippen molar-refractivity contribution in [1.29, 1.82) is 0 Å². The van der Waals surface area contributed by atoms with Crippen LogP contribution in [0.5, 0.6) is 0 Å². The lowest BCUT2D eigenvalue weighted by molar-refractivity contribution is -0.132. The molecule has 1 aromatic rings. The first-order chi connectivity index (χ1) is 9.18. The number of amides is 1. The van der Waals surface area contributed by atoms with Crippen molar-refractivity contribution in [2.45, 2.75) is 57.8 Å². The van der Waals surface area contributed by atoms with Crippen LogP contribution in [0.3, 0.4) is 0 Å². The van der Waals surface area contributed by atoms with Crippen LogP contribution < -0.4 is 5.32 Å². The topological polar surface area (TPSA) is 32.3 Å². The van der Waals surface area contributed by atoms with E-state index in [1.165, 1.54) is 31.2 Å². The van der Waals surface area contributed by atoms with Crippen LogP contribution in [0.2, 0.25) is 0 Å². The Morgan fingerprint density at radius 1 is 1.42 bits per heavy atom. The van der Waals surface area contributed by atoms with E-state index in [4.69, 9.17) is 0 Å². The molecule has 2 fully saturated rings. The largest absolute Gasteiger partial charge is 0.319 e. The molecule has 1 saturated carbocycles. The van der Waals surface area contributed by atoms with Gasteiger partial charge in [-0.2, -0.15) is 11.3 Å². The molecule has 2 aliphatic rings. The Balaban J connectivity index is 1.84. The molecule has 1 aliphatic heterocycles. The zero-order chi connectivity index (χ0) is 13.4. The Morgan fingerprint density at radius 3 is 2.79 bits per heavy atom. The lowest BCUT2D eigenvalue weighted by Gasteiger charge is -2.34. The maximum Gasteiger partial charge on any atom is 0.241 e. The maximum absolute atomic E-state index is 12.5. The van der Waals surface area contributed by atoms with Crippen molar-refractivity contribution in [2.75, 3.05) is 0 Å². The highest BCUT2D eigenvalue weighted by molar-refractivity contribution is 7.07. The zero-order valence-electron chi connectivity index (χ0n) is 11.6. The van der Waals surface area contributed by atoms with E-state index in [1.807, 2.05) is 6.92 Å². The summed E-state index contributed by atoms with van der Waals surface area (Å²) in [6, 6.07) is 2.41. The van der Waals surface area contributed by atoms with Gasteiger partial charge in [-0.1, -0.05) is 12.8 Å². The summed E-state index contributed by atoms with van der Waals surface area (Å²) in [4.78, 5) is 14.6. The number of carbonyl (C=O) groups is 1. The van der Waals surface area contributed by atoms with Crippen molar-refractivity contribution in [3.05, 3.63) is 22.4 Å². The maximum atomic E-state index is 12.5.